The molecule has 0 radical (unpaired) electrons. The molecule has 0 bridgehead atoms. The van der Waals surface area contributed by atoms with Crippen molar-refractivity contribution in [1.29, 1.82) is 0 Å². The molecule has 3 rings (SSSR count). The zero-order chi connectivity index (χ0) is 12.6. The molecule has 2 aromatic rings. The average molecular weight is 263 g/mol. The maximum atomic E-state index is 12.0. The summed E-state index contributed by atoms with van der Waals surface area (Å²) < 4.78 is 23.9. The van der Waals surface area contributed by atoms with Gasteiger partial charge in [0.2, 0.25) is 0 Å². The van der Waals surface area contributed by atoms with Crippen LogP contribution in [-0.4, -0.2) is 24.1 Å². The van der Waals surface area contributed by atoms with Crippen molar-refractivity contribution in [3.63, 3.8) is 0 Å². The van der Waals surface area contributed by atoms with Gasteiger partial charge in [0.05, 0.1) is 17.0 Å². The molecule has 0 amide bonds. The number of nitrogens with zero attached hydrogens (tertiary/aromatic N) is 1. The summed E-state index contributed by atoms with van der Waals surface area (Å²) in [5.41, 5.74) is 1.80. The Hall–Kier alpha value is -1.66. The van der Waals surface area contributed by atoms with E-state index >= 15 is 0 Å². The van der Waals surface area contributed by atoms with Gasteiger partial charge < -0.3 is 10.3 Å². The first kappa shape index (κ1) is 11.4. The molecule has 1 aliphatic heterocycles. The number of hydrogen-bond donors (Lipinski definition) is 2. The number of hydrogen-bond acceptors (Lipinski definition) is 4. The Bertz CT molecular complexity index is 650. The Morgan fingerprint density at radius 3 is 3.00 bits per heavy atom. The van der Waals surface area contributed by atoms with Gasteiger partial charge in [-0.05, 0) is 11.6 Å². The van der Waals surface area contributed by atoms with Crippen LogP contribution in [-0.2, 0) is 16.4 Å². The lowest BCUT2D eigenvalue weighted by Crippen LogP contribution is -2.22. The number of imidazole rings is 1. The molecule has 1 aliphatic rings. The van der Waals surface area contributed by atoms with Crippen molar-refractivity contribution in [2.45, 2.75) is 17.5 Å². The number of H-pyrrole nitrogens is 1. The molecule has 2 N–H and O–H groups in total. The molecule has 0 fully saturated rings. The number of fused-ring (bicyclic) bond motifs is 1. The minimum absolute atomic E-state index is 0.125. The zero-order valence-electron chi connectivity index (χ0n) is 9.63. The number of rotatable bonds is 3. The third-order valence-corrected chi connectivity index (χ3v) is 4.92. The fraction of sp³-hybridized carbons (Fsp3) is 0.250. The Kier molecular flexibility index (Phi) is 2.68. The molecule has 1 unspecified atom stereocenters. The first-order chi connectivity index (χ1) is 8.67. The molecule has 6 heteroatoms. The molecule has 0 saturated carbocycles. The molecular weight excluding hydrogens is 250 g/mol. The largest absolute Gasteiger partial charge is 0.347 e. The van der Waals surface area contributed by atoms with Crippen LogP contribution in [0.3, 0.4) is 0 Å². The quantitative estimate of drug-likeness (QED) is 0.867. The van der Waals surface area contributed by atoms with E-state index in [0.29, 0.717) is 11.4 Å². The number of aromatic nitrogens is 2. The van der Waals surface area contributed by atoms with Crippen LogP contribution in [0.2, 0.25) is 0 Å². The van der Waals surface area contributed by atoms with Gasteiger partial charge in [0.15, 0.2) is 9.84 Å². The van der Waals surface area contributed by atoms with Gasteiger partial charge in [-0.15, -0.1) is 0 Å². The summed E-state index contributed by atoms with van der Waals surface area (Å²) in [6.45, 7) is 0.578. The summed E-state index contributed by atoms with van der Waals surface area (Å²) in [5.74, 6) is 0.125. The van der Waals surface area contributed by atoms with E-state index in [1.807, 2.05) is 12.1 Å². The number of nitrogens with one attached hydrogen (secondary N) is 2. The monoisotopic (exact) mass is 263 g/mol. The predicted molar refractivity (Wildman–Crippen MR) is 66.7 cm³/mol. The maximum Gasteiger partial charge on any atom is 0.180 e. The normalized spacial score (nSPS) is 20.8. The van der Waals surface area contributed by atoms with E-state index in [-0.39, 0.29) is 11.8 Å². The van der Waals surface area contributed by atoms with Gasteiger partial charge in [0, 0.05) is 24.5 Å². The van der Waals surface area contributed by atoms with Crippen LogP contribution >= 0.6 is 0 Å². The molecule has 0 spiro atoms. The van der Waals surface area contributed by atoms with Gasteiger partial charge in [-0.3, -0.25) is 0 Å². The Balaban J connectivity index is 1.83. The first-order valence-electron chi connectivity index (χ1n) is 5.69. The Morgan fingerprint density at radius 1 is 1.39 bits per heavy atom. The lowest BCUT2D eigenvalue weighted by Gasteiger charge is -2.11. The lowest BCUT2D eigenvalue weighted by molar-refractivity contribution is 0.562. The van der Waals surface area contributed by atoms with Crippen LogP contribution in [0.25, 0.3) is 0 Å². The third kappa shape index (κ3) is 1.93. The van der Waals surface area contributed by atoms with E-state index in [4.69, 9.17) is 0 Å². The molecule has 2 heterocycles. The second kappa shape index (κ2) is 4.22. The number of sulfone groups is 1. The molecule has 5 nitrogen and oxygen atoms in total. The predicted octanol–water partition coefficient (Wildman–Crippen LogP) is 1.03. The summed E-state index contributed by atoms with van der Waals surface area (Å²) >= 11 is 0. The van der Waals surface area contributed by atoms with Gasteiger partial charge in [-0.2, -0.15) is 0 Å². The van der Waals surface area contributed by atoms with Crippen molar-refractivity contribution in [1.82, 2.24) is 15.3 Å². The third-order valence-electron chi connectivity index (χ3n) is 3.11. The summed E-state index contributed by atoms with van der Waals surface area (Å²) in [6, 6.07) is 7.01. The second-order valence-electron chi connectivity index (χ2n) is 4.33. The highest BCUT2D eigenvalue weighted by Gasteiger charge is 2.33. The van der Waals surface area contributed by atoms with Crippen molar-refractivity contribution >= 4 is 9.84 Å². The minimum atomic E-state index is -3.13. The van der Waals surface area contributed by atoms with Crippen LogP contribution in [0.15, 0.2) is 41.7 Å². The maximum absolute atomic E-state index is 12.0. The summed E-state index contributed by atoms with van der Waals surface area (Å²) in [4.78, 5) is 7.36. The van der Waals surface area contributed by atoms with Crippen molar-refractivity contribution in [3.05, 3.63) is 48.0 Å². The van der Waals surface area contributed by atoms with Gasteiger partial charge >= 0.3 is 0 Å². The van der Waals surface area contributed by atoms with Gasteiger partial charge in [0.25, 0.3) is 0 Å². The van der Waals surface area contributed by atoms with Gasteiger partial charge in [0.1, 0.15) is 0 Å². The fourth-order valence-electron chi connectivity index (χ4n) is 2.23. The van der Waals surface area contributed by atoms with E-state index in [2.05, 4.69) is 15.3 Å². The van der Waals surface area contributed by atoms with Crippen molar-refractivity contribution in [2.24, 2.45) is 0 Å². The average Bonchev–Trinajstić information content (AvgIpc) is 2.95. The van der Waals surface area contributed by atoms with E-state index < -0.39 is 9.84 Å². The fourth-order valence-corrected chi connectivity index (χ4v) is 4.01. The molecule has 1 aromatic carbocycles. The standard InChI is InChI=1S/C12H13N3O2S/c16-18(17)7-11(10-3-1-2-4-12(10)18)14-6-9-5-13-8-15-9/h1-5,8,11,14H,6-7H2,(H,13,15). The minimum Gasteiger partial charge on any atom is -0.347 e. The van der Waals surface area contributed by atoms with E-state index in [9.17, 15) is 8.42 Å². The molecule has 1 aromatic heterocycles. The second-order valence-corrected chi connectivity index (χ2v) is 6.33. The molecule has 0 aliphatic carbocycles. The number of benzene rings is 1. The van der Waals surface area contributed by atoms with Crippen molar-refractivity contribution < 1.29 is 8.42 Å². The summed E-state index contributed by atoms with van der Waals surface area (Å²) in [7, 11) is -3.13. The van der Waals surface area contributed by atoms with E-state index in [1.165, 1.54) is 0 Å². The van der Waals surface area contributed by atoms with Crippen molar-refractivity contribution in [2.75, 3.05) is 5.75 Å². The summed E-state index contributed by atoms with van der Waals surface area (Å²) in [5, 5.41) is 3.25. The van der Waals surface area contributed by atoms with Gasteiger partial charge in [-0.1, -0.05) is 18.2 Å². The molecule has 0 saturated heterocycles. The van der Waals surface area contributed by atoms with E-state index in [0.717, 1.165) is 11.3 Å². The molecule has 18 heavy (non-hydrogen) atoms. The van der Waals surface area contributed by atoms with Gasteiger partial charge in [-0.25, -0.2) is 13.4 Å². The molecular formula is C12H13N3O2S. The van der Waals surface area contributed by atoms with Crippen molar-refractivity contribution in [3.8, 4) is 0 Å². The van der Waals surface area contributed by atoms with Crippen LogP contribution in [0.5, 0.6) is 0 Å². The van der Waals surface area contributed by atoms with Crippen LogP contribution in [0, 0.1) is 0 Å². The van der Waals surface area contributed by atoms with Crippen LogP contribution in [0.4, 0.5) is 0 Å². The van der Waals surface area contributed by atoms with E-state index in [1.54, 1.807) is 24.7 Å². The number of aromatic amines is 1. The SMILES string of the molecule is O=S1(=O)CC(NCc2cnc[nH]2)c2ccccc21. The highest BCUT2D eigenvalue weighted by molar-refractivity contribution is 7.91. The Labute approximate surface area is 105 Å². The zero-order valence-corrected chi connectivity index (χ0v) is 10.4. The highest BCUT2D eigenvalue weighted by Crippen LogP contribution is 2.32. The molecule has 1 atom stereocenters. The van der Waals surface area contributed by atoms with Crippen LogP contribution < -0.4 is 5.32 Å². The topological polar surface area (TPSA) is 74.8 Å². The summed E-state index contributed by atoms with van der Waals surface area (Å²) in [6.07, 6.45) is 3.33. The molecule has 94 valence electrons. The lowest BCUT2D eigenvalue weighted by atomic mass is 10.1. The van der Waals surface area contributed by atoms with Crippen LogP contribution in [0.1, 0.15) is 17.3 Å². The smallest absolute Gasteiger partial charge is 0.180 e. The highest BCUT2D eigenvalue weighted by atomic mass is 32.2. The Morgan fingerprint density at radius 2 is 2.22 bits per heavy atom. The first-order valence-corrected chi connectivity index (χ1v) is 7.34.